The van der Waals surface area contributed by atoms with Crippen LogP contribution >= 0.6 is 0 Å². The molecule has 2 fully saturated rings. The van der Waals surface area contributed by atoms with E-state index >= 15 is 0 Å². The molecule has 1 amide bonds. The normalized spacial score (nSPS) is 34.2. The average molecular weight is 271 g/mol. The number of nitrogens with one attached hydrogen (secondary N) is 1. The van der Waals surface area contributed by atoms with Gasteiger partial charge in [0.05, 0.1) is 5.41 Å². The van der Waals surface area contributed by atoms with Crippen molar-refractivity contribution in [2.24, 2.45) is 16.2 Å². The molecule has 0 radical (unpaired) electrons. The number of rotatable bonds is 2. The van der Waals surface area contributed by atoms with E-state index in [1.807, 2.05) is 37.3 Å². The molecular formula is C17H21NO2. The molecule has 3 heteroatoms. The number of para-hydroxylation sites is 1. The van der Waals surface area contributed by atoms with Crippen molar-refractivity contribution in [1.82, 2.24) is 0 Å². The Morgan fingerprint density at radius 3 is 2.25 bits per heavy atom. The number of carbonyl (C=O) groups is 2. The summed E-state index contributed by atoms with van der Waals surface area (Å²) in [6.45, 7) is 6.19. The van der Waals surface area contributed by atoms with Crippen LogP contribution in [-0.4, -0.2) is 11.7 Å². The zero-order chi connectivity index (χ0) is 14.6. The van der Waals surface area contributed by atoms with Crippen LogP contribution in [0.4, 0.5) is 5.69 Å². The molecule has 0 spiro atoms. The standard InChI is InChI=1S/C17H21NO2/c1-15(2)16(3)9-10-17(15,11-13(16)19)14(20)18-12-7-5-4-6-8-12/h4-8H,9-11H2,1-3H3,(H,18,20)/t16-,17+/m0/s1. The van der Waals surface area contributed by atoms with Crippen molar-refractivity contribution >= 4 is 17.4 Å². The van der Waals surface area contributed by atoms with E-state index in [1.165, 1.54) is 0 Å². The van der Waals surface area contributed by atoms with Gasteiger partial charge in [0, 0.05) is 17.5 Å². The molecule has 0 aliphatic heterocycles. The van der Waals surface area contributed by atoms with Gasteiger partial charge in [-0.1, -0.05) is 39.0 Å². The maximum Gasteiger partial charge on any atom is 0.231 e. The fourth-order valence-electron chi connectivity index (χ4n) is 4.13. The molecule has 1 aromatic rings. The number of hydrogen-bond acceptors (Lipinski definition) is 2. The minimum Gasteiger partial charge on any atom is -0.326 e. The van der Waals surface area contributed by atoms with E-state index in [9.17, 15) is 9.59 Å². The Morgan fingerprint density at radius 2 is 1.75 bits per heavy atom. The Morgan fingerprint density at radius 1 is 1.10 bits per heavy atom. The second-order valence-corrected chi connectivity index (χ2v) is 6.96. The zero-order valence-corrected chi connectivity index (χ0v) is 12.3. The molecule has 1 N–H and O–H groups in total. The molecule has 2 aliphatic carbocycles. The summed E-state index contributed by atoms with van der Waals surface area (Å²) in [5.74, 6) is 0.250. The smallest absolute Gasteiger partial charge is 0.231 e. The molecule has 0 saturated heterocycles. The van der Waals surface area contributed by atoms with Gasteiger partial charge in [-0.3, -0.25) is 9.59 Å². The summed E-state index contributed by atoms with van der Waals surface area (Å²) in [5, 5.41) is 3.00. The Bertz CT molecular complexity index is 578. The molecule has 2 atom stereocenters. The molecule has 2 saturated carbocycles. The lowest BCUT2D eigenvalue weighted by molar-refractivity contribution is -0.131. The number of amides is 1. The number of fused-ring (bicyclic) bond motifs is 2. The Labute approximate surface area is 119 Å². The number of Topliss-reactive ketones (excluding diaryl/α,β-unsaturated/α-hetero) is 1. The molecule has 3 rings (SSSR count). The van der Waals surface area contributed by atoms with Gasteiger partial charge >= 0.3 is 0 Å². The Balaban J connectivity index is 1.94. The third-order valence-electron chi connectivity index (χ3n) is 6.17. The summed E-state index contributed by atoms with van der Waals surface area (Å²) in [6, 6.07) is 9.48. The van der Waals surface area contributed by atoms with Crippen molar-refractivity contribution in [2.45, 2.75) is 40.0 Å². The fourth-order valence-corrected chi connectivity index (χ4v) is 4.13. The lowest BCUT2D eigenvalue weighted by atomic mass is 9.64. The lowest BCUT2D eigenvalue weighted by Gasteiger charge is -2.38. The first kappa shape index (κ1) is 13.3. The van der Waals surface area contributed by atoms with Crippen LogP contribution in [0.5, 0.6) is 0 Å². The van der Waals surface area contributed by atoms with Crippen molar-refractivity contribution in [3.63, 3.8) is 0 Å². The molecule has 106 valence electrons. The van der Waals surface area contributed by atoms with Gasteiger partial charge in [0.15, 0.2) is 0 Å². The zero-order valence-electron chi connectivity index (χ0n) is 12.3. The van der Waals surface area contributed by atoms with Gasteiger partial charge in [0.1, 0.15) is 5.78 Å². The Hall–Kier alpha value is -1.64. The molecule has 0 aromatic heterocycles. The Kier molecular flexibility index (Phi) is 2.63. The predicted molar refractivity (Wildman–Crippen MR) is 78.3 cm³/mol. The topological polar surface area (TPSA) is 46.2 Å². The van der Waals surface area contributed by atoms with Crippen LogP contribution in [0.3, 0.4) is 0 Å². The summed E-state index contributed by atoms with van der Waals surface area (Å²) in [4.78, 5) is 25.2. The second kappa shape index (κ2) is 3.94. The quantitative estimate of drug-likeness (QED) is 0.896. The summed E-state index contributed by atoms with van der Waals surface area (Å²) in [6.07, 6.45) is 2.01. The van der Waals surface area contributed by atoms with E-state index in [4.69, 9.17) is 0 Å². The first-order valence-electron chi connectivity index (χ1n) is 7.23. The largest absolute Gasteiger partial charge is 0.326 e. The summed E-state index contributed by atoms with van der Waals surface area (Å²) in [5.41, 5.74) is -0.373. The minimum absolute atomic E-state index is 0.00303. The molecule has 0 heterocycles. The van der Waals surface area contributed by atoms with Crippen LogP contribution < -0.4 is 5.32 Å². The highest BCUT2D eigenvalue weighted by Gasteiger charge is 2.72. The van der Waals surface area contributed by atoms with Crippen molar-refractivity contribution in [1.29, 1.82) is 0 Å². The van der Waals surface area contributed by atoms with E-state index in [-0.39, 0.29) is 22.5 Å². The number of ketones is 1. The summed E-state index contributed by atoms with van der Waals surface area (Å²) < 4.78 is 0. The van der Waals surface area contributed by atoms with E-state index in [2.05, 4.69) is 19.2 Å². The van der Waals surface area contributed by atoms with Crippen LogP contribution in [0.15, 0.2) is 30.3 Å². The van der Waals surface area contributed by atoms with E-state index < -0.39 is 5.41 Å². The van der Waals surface area contributed by atoms with Gasteiger partial charge in [-0.15, -0.1) is 0 Å². The SMILES string of the molecule is CC1(C)[C@]2(C(=O)Nc3ccccc3)CC[C@@]1(C)C(=O)C2. The summed E-state index contributed by atoms with van der Waals surface area (Å²) in [7, 11) is 0. The van der Waals surface area contributed by atoms with Crippen LogP contribution in [-0.2, 0) is 9.59 Å². The van der Waals surface area contributed by atoms with Gasteiger partial charge in [0.25, 0.3) is 0 Å². The molecule has 2 aliphatic rings. The maximum atomic E-state index is 12.8. The van der Waals surface area contributed by atoms with Crippen molar-refractivity contribution in [2.75, 3.05) is 5.32 Å². The van der Waals surface area contributed by atoms with Crippen LogP contribution in [0.25, 0.3) is 0 Å². The third kappa shape index (κ3) is 1.41. The van der Waals surface area contributed by atoms with Gasteiger partial charge in [-0.25, -0.2) is 0 Å². The number of carbonyl (C=O) groups excluding carboxylic acids is 2. The van der Waals surface area contributed by atoms with Crippen LogP contribution in [0, 0.1) is 16.2 Å². The second-order valence-electron chi connectivity index (χ2n) is 6.96. The van der Waals surface area contributed by atoms with E-state index in [0.29, 0.717) is 6.42 Å². The highest BCUT2D eigenvalue weighted by atomic mass is 16.2. The lowest BCUT2D eigenvalue weighted by Crippen LogP contribution is -2.43. The number of benzene rings is 1. The molecule has 3 nitrogen and oxygen atoms in total. The maximum absolute atomic E-state index is 12.8. The third-order valence-corrected chi connectivity index (χ3v) is 6.17. The van der Waals surface area contributed by atoms with Crippen molar-refractivity contribution < 1.29 is 9.59 Å². The highest BCUT2D eigenvalue weighted by molar-refractivity contribution is 6.04. The first-order chi connectivity index (χ1) is 9.33. The molecular weight excluding hydrogens is 250 g/mol. The number of anilines is 1. The number of hydrogen-bond donors (Lipinski definition) is 1. The molecule has 0 unspecified atom stereocenters. The van der Waals surface area contributed by atoms with Crippen molar-refractivity contribution in [3.8, 4) is 0 Å². The summed E-state index contributed by atoms with van der Waals surface area (Å²) >= 11 is 0. The molecule has 20 heavy (non-hydrogen) atoms. The monoisotopic (exact) mass is 271 g/mol. The van der Waals surface area contributed by atoms with Gasteiger partial charge < -0.3 is 5.32 Å². The minimum atomic E-state index is -0.547. The van der Waals surface area contributed by atoms with Gasteiger partial charge in [0.2, 0.25) is 5.91 Å². The average Bonchev–Trinajstić information content (AvgIpc) is 2.70. The van der Waals surface area contributed by atoms with Gasteiger partial charge in [-0.2, -0.15) is 0 Å². The predicted octanol–water partition coefficient (Wildman–Crippen LogP) is 3.41. The van der Waals surface area contributed by atoms with E-state index in [1.54, 1.807) is 0 Å². The highest BCUT2D eigenvalue weighted by Crippen LogP contribution is 2.70. The van der Waals surface area contributed by atoms with Crippen LogP contribution in [0.2, 0.25) is 0 Å². The molecule has 2 bridgehead atoms. The van der Waals surface area contributed by atoms with Crippen LogP contribution in [0.1, 0.15) is 40.0 Å². The fraction of sp³-hybridized carbons (Fsp3) is 0.529. The van der Waals surface area contributed by atoms with Crippen molar-refractivity contribution in [3.05, 3.63) is 30.3 Å². The molecule has 1 aromatic carbocycles. The first-order valence-corrected chi connectivity index (χ1v) is 7.23. The van der Waals surface area contributed by atoms with E-state index in [0.717, 1.165) is 18.5 Å². The van der Waals surface area contributed by atoms with Gasteiger partial charge in [-0.05, 0) is 30.4 Å².